The average molecular weight is 389 g/mol. The van der Waals surface area contributed by atoms with Crippen molar-refractivity contribution in [3.05, 3.63) is 17.5 Å². The van der Waals surface area contributed by atoms with Gasteiger partial charge in [-0.3, -0.25) is 9.59 Å². The molecule has 7 heteroatoms. The number of carbonyl (C=O) groups excluding carboxylic acids is 2. The summed E-state index contributed by atoms with van der Waals surface area (Å²) in [5.74, 6) is 1.77. The van der Waals surface area contributed by atoms with E-state index in [9.17, 15) is 9.59 Å². The van der Waals surface area contributed by atoms with Crippen LogP contribution in [0.15, 0.2) is 10.6 Å². The first-order valence-electron chi connectivity index (χ1n) is 10.9. The van der Waals surface area contributed by atoms with Crippen molar-refractivity contribution < 1.29 is 14.1 Å². The molecule has 1 saturated heterocycles. The molecular formula is C21H32N4O3. The van der Waals surface area contributed by atoms with Gasteiger partial charge in [-0.1, -0.05) is 12.1 Å². The summed E-state index contributed by atoms with van der Waals surface area (Å²) in [4.78, 5) is 27.5. The van der Waals surface area contributed by atoms with E-state index in [1.165, 1.54) is 0 Å². The van der Waals surface area contributed by atoms with Gasteiger partial charge in [0.05, 0.1) is 0 Å². The molecule has 0 aromatic carbocycles. The Bertz CT molecular complexity index is 706. The Balaban J connectivity index is 1.32. The zero-order valence-corrected chi connectivity index (χ0v) is 16.7. The Kier molecular flexibility index (Phi) is 5.71. The van der Waals surface area contributed by atoms with E-state index in [1.54, 1.807) is 6.07 Å². The molecule has 0 bridgehead atoms. The van der Waals surface area contributed by atoms with Crippen LogP contribution in [0.4, 0.5) is 0 Å². The zero-order valence-electron chi connectivity index (χ0n) is 16.7. The van der Waals surface area contributed by atoms with E-state index >= 15 is 0 Å². The van der Waals surface area contributed by atoms with E-state index in [0.29, 0.717) is 18.2 Å². The van der Waals surface area contributed by atoms with Crippen LogP contribution in [0.25, 0.3) is 0 Å². The highest BCUT2D eigenvalue weighted by atomic mass is 16.5. The van der Waals surface area contributed by atoms with Crippen LogP contribution in [-0.2, 0) is 4.79 Å². The second kappa shape index (κ2) is 8.23. The maximum absolute atomic E-state index is 12.9. The van der Waals surface area contributed by atoms with Crippen LogP contribution >= 0.6 is 0 Å². The molecule has 2 saturated carbocycles. The molecule has 154 valence electrons. The lowest BCUT2D eigenvalue weighted by Crippen LogP contribution is -2.53. The SMILES string of the molecule is CC[C@@H]1CN(C(=O)[C@H]2CC[C@H](N)CC2)CC[C@@H]1NC(=O)c1cc(C2CC2)on1. The summed E-state index contributed by atoms with van der Waals surface area (Å²) >= 11 is 0. The van der Waals surface area contributed by atoms with Crippen molar-refractivity contribution in [1.82, 2.24) is 15.4 Å². The van der Waals surface area contributed by atoms with E-state index in [4.69, 9.17) is 10.3 Å². The molecule has 2 aliphatic carbocycles. The summed E-state index contributed by atoms with van der Waals surface area (Å²) < 4.78 is 5.30. The second-order valence-corrected chi connectivity index (χ2v) is 8.82. The zero-order chi connectivity index (χ0) is 19.7. The molecule has 0 spiro atoms. The summed E-state index contributed by atoms with van der Waals surface area (Å²) in [7, 11) is 0. The largest absolute Gasteiger partial charge is 0.360 e. The van der Waals surface area contributed by atoms with Crippen molar-refractivity contribution in [1.29, 1.82) is 0 Å². The predicted molar refractivity (Wildman–Crippen MR) is 105 cm³/mol. The summed E-state index contributed by atoms with van der Waals surface area (Å²) in [6, 6.07) is 2.10. The number of likely N-dealkylation sites (tertiary alicyclic amines) is 1. The lowest BCUT2D eigenvalue weighted by atomic mass is 9.84. The van der Waals surface area contributed by atoms with E-state index < -0.39 is 0 Å². The van der Waals surface area contributed by atoms with Crippen molar-refractivity contribution in [3.63, 3.8) is 0 Å². The van der Waals surface area contributed by atoms with Crippen LogP contribution in [0, 0.1) is 11.8 Å². The number of nitrogens with two attached hydrogens (primary N) is 1. The molecule has 0 radical (unpaired) electrons. The molecule has 28 heavy (non-hydrogen) atoms. The van der Waals surface area contributed by atoms with Gasteiger partial charge in [0.1, 0.15) is 5.76 Å². The highest BCUT2D eigenvalue weighted by Crippen LogP contribution is 2.40. The Labute approximate surface area is 166 Å². The summed E-state index contributed by atoms with van der Waals surface area (Å²) in [6.07, 6.45) is 7.65. The first-order valence-corrected chi connectivity index (χ1v) is 10.9. The van der Waals surface area contributed by atoms with Crippen LogP contribution in [0.5, 0.6) is 0 Å². The van der Waals surface area contributed by atoms with Crippen molar-refractivity contribution >= 4 is 11.8 Å². The van der Waals surface area contributed by atoms with Crippen molar-refractivity contribution in [2.75, 3.05) is 13.1 Å². The molecule has 2 amide bonds. The number of carbonyl (C=O) groups is 2. The third-order valence-electron chi connectivity index (χ3n) is 6.75. The van der Waals surface area contributed by atoms with Gasteiger partial charge in [0.2, 0.25) is 5.91 Å². The topological polar surface area (TPSA) is 101 Å². The number of hydrogen-bond acceptors (Lipinski definition) is 5. The molecule has 7 nitrogen and oxygen atoms in total. The van der Waals surface area contributed by atoms with E-state index in [0.717, 1.165) is 63.7 Å². The standard InChI is InChI=1S/C21H32N4O3/c1-2-13-12-25(21(27)15-5-7-16(22)8-6-15)10-9-17(13)23-20(26)18-11-19(28-24-18)14-3-4-14/h11,13-17H,2-10,12,22H2,1H3,(H,23,26)/t13-,15-,16-,17+/m1/s1. The van der Waals surface area contributed by atoms with Crippen LogP contribution in [0.1, 0.15) is 80.5 Å². The fourth-order valence-electron chi connectivity index (χ4n) is 4.66. The molecule has 1 aromatic rings. The lowest BCUT2D eigenvalue weighted by molar-refractivity contribution is -0.138. The van der Waals surface area contributed by atoms with E-state index in [2.05, 4.69) is 17.4 Å². The van der Waals surface area contributed by atoms with Gasteiger partial charge in [0, 0.05) is 43.1 Å². The van der Waals surface area contributed by atoms with Crippen molar-refractivity contribution in [2.24, 2.45) is 17.6 Å². The summed E-state index contributed by atoms with van der Waals surface area (Å²) in [6.45, 7) is 3.54. The highest BCUT2D eigenvalue weighted by molar-refractivity contribution is 5.92. The number of nitrogens with one attached hydrogen (secondary N) is 1. The normalized spacial score (nSPS) is 30.9. The first kappa shape index (κ1) is 19.4. The number of nitrogens with zero attached hydrogens (tertiary/aromatic N) is 2. The minimum atomic E-state index is -0.167. The Morgan fingerprint density at radius 2 is 1.96 bits per heavy atom. The van der Waals surface area contributed by atoms with Gasteiger partial charge in [-0.25, -0.2) is 0 Å². The Hall–Kier alpha value is -1.89. The lowest BCUT2D eigenvalue weighted by Gasteiger charge is -2.40. The molecule has 2 atom stereocenters. The third kappa shape index (κ3) is 4.24. The van der Waals surface area contributed by atoms with Crippen LogP contribution < -0.4 is 11.1 Å². The molecule has 1 aliphatic heterocycles. The fourth-order valence-corrected chi connectivity index (χ4v) is 4.66. The number of amides is 2. The van der Waals surface area contributed by atoms with Gasteiger partial charge in [-0.05, 0) is 57.3 Å². The molecular weight excluding hydrogens is 356 g/mol. The maximum Gasteiger partial charge on any atom is 0.273 e. The van der Waals surface area contributed by atoms with Gasteiger partial charge in [-0.15, -0.1) is 0 Å². The molecule has 3 aliphatic rings. The fraction of sp³-hybridized carbons (Fsp3) is 0.762. The smallest absolute Gasteiger partial charge is 0.273 e. The van der Waals surface area contributed by atoms with Gasteiger partial charge in [0.15, 0.2) is 5.69 Å². The minimum absolute atomic E-state index is 0.0717. The molecule has 1 aromatic heterocycles. The summed E-state index contributed by atoms with van der Waals surface area (Å²) in [5.41, 5.74) is 6.35. The molecule has 3 fully saturated rings. The van der Waals surface area contributed by atoms with Crippen molar-refractivity contribution in [3.8, 4) is 0 Å². The van der Waals surface area contributed by atoms with Gasteiger partial charge in [0.25, 0.3) is 5.91 Å². The highest BCUT2D eigenvalue weighted by Gasteiger charge is 2.36. The predicted octanol–water partition coefficient (Wildman–Crippen LogP) is 2.43. The van der Waals surface area contributed by atoms with E-state index in [1.807, 2.05) is 4.90 Å². The Morgan fingerprint density at radius 3 is 2.64 bits per heavy atom. The van der Waals surface area contributed by atoms with Crippen LogP contribution in [0.3, 0.4) is 0 Å². The second-order valence-electron chi connectivity index (χ2n) is 8.82. The number of rotatable bonds is 5. The van der Waals surface area contributed by atoms with Crippen LogP contribution in [-0.4, -0.2) is 47.0 Å². The van der Waals surface area contributed by atoms with Gasteiger partial charge in [-0.2, -0.15) is 0 Å². The van der Waals surface area contributed by atoms with Crippen molar-refractivity contribution in [2.45, 2.75) is 76.3 Å². The van der Waals surface area contributed by atoms with Gasteiger partial charge < -0.3 is 20.5 Å². The van der Waals surface area contributed by atoms with E-state index in [-0.39, 0.29) is 35.7 Å². The maximum atomic E-state index is 12.9. The average Bonchev–Trinajstić information content (AvgIpc) is 3.44. The first-order chi connectivity index (χ1) is 13.5. The van der Waals surface area contributed by atoms with Crippen LogP contribution in [0.2, 0.25) is 0 Å². The number of aromatic nitrogens is 1. The van der Waals surface area contributed by atoms with Gasteiger partial charge >= 0.3 is 0 Å². The monoisotopic (exact) mass is 388 g/mol. The molecule has 0 unspecified atom stereocenters. The molecule has 4 rings (SSSR count). The minimum Gasteiger partial charge on any atom is -0.360 e. The molecule has 3 N–H and O–H groups in total. The number of piperidine rings is 1. The quantitative estimate of drug-likeness (QED) is 0.807. The number of hydrogen-bond donors (Lipinski definition) is 2. The Morgan fingerprint density at radius 1 is 1.21 bits per heavy atom. The molecule has 2 heterocycles. The third-order valence-corrected chi connectivity index (χ3v) is 6.75. The summed E-state index contributed by atoms with van der Waals surface area (Å²) in [5, 5.41) is 7.08.